The van der Waals surface area contributed by atoms with Crippen LogP contribution >= 0.6 is 0 Å². The van der Waals surface area contributed by atoms with Crippen LogP contribution in [0.5, 0.6) is 0 Å². The normalized spacial score (nSPS) is 14.0. The van der Waals surface area contributed by atoms with E-state index in [0.29, 0.717) is 5.56 Å². The summed E-state index contributed by atoms with van der Waals surface area (Å²) in [6.45, 7) is 4.14. The first-order chi connectivity index (χ1) is 9.58. The van der Waals surface area contributed by atoms with Crippen molar-refractivity contribution >= 4 is 0 Å². The fraction of sp³-hybridized carbons (Fsp3) is 0.294. The average molecular weight is 273 g/mol. The molecule has 0 saturated heterocycles. The number of hydrogen-bond acceptors (Lipinski definition) is 2. The van der Waals surface area contributed by atoms with Gasteiger partial charge in [-0.15, -0.1) is 0 Å². The fourth-order valence-corrected chi connectivity index (χ4v) is 2.10. The quantitative estimate of drug-likeness (QED) is 0.900. The molecule has 20 heavy (non-hydrogen) atoms. The second-order valence-corrected chi connectivity index (χ2v) is 5.09. The van der Waals surface area contributed by atoms with Crippen LogP contribution in [0.2, 0.25) is 0 Å². The number of nitrogens with two attached hydrogens (primary N) is 1. The Labute approximate surface area is 119 Å². The maximum Gasteiger partial charge on any atom is 0.128 e. The largest absolute Gasteiger partial charge is 0.367 e. The highest BCUT2D eigenvalue weighted by Gasteiger charge is 2.17. The second kappa shape index (κ2) is 6.64. The Balaban J connectivity index is 2.11. The fourth-order valence-electron chi connectivity index (χ4n) is 2.10. The van der Waals surface area contributed by atoms with Crippen molar-refractivity contribution in [1.82, 2.24) is 0 Å². The van der Waals surface area contributed by atoms with Crippen molar-refractivity contribution in [2.75, 3.05) is 0 Å². The Hall–Kier alpha value is -1.71. The van der Waals surface area contributed by atoms with Crippen LogP contribution in [-0.2, 0) is 11.3 Å². The molecule has 0 aromatic heterocycles. The van der Waals surface area contributed by atoms with Gasteiger partial charge in [0.25, 0.3) is 0 Å². The number of benzene rings is 2. The molecule has 2 rings (SSSR count). The van der Waals surface area contributed by atoms with Gasteiger partial charge in [0.15, 0.2) is 0 Å². The van der Waals surface area contributed by atoms with Gasteiger partial charge in [-0.3, -0.25) is 0 Å². The lowest BCUT2D eigenvalue weighted by Crippen LogP contribution is -2.27. The molecule has 2 nitrogen and oxygen atoms in total. The minimum absolute atomic E-state index is 0.163. The van der Waals surface area contributed by atoms with E-state index >= 15 is 0 Å². The minimum atomic E-state index is -0.250. The molecule has 0 aliphatic heterocycles. The third-order valence-corrected chi connectivity index (χ3v) is 3.26. The number of aryl methyl sites for hydroxylation is 1. The van der Waals surface area contributed by atoms with Gasteiger partial charge in [-0.25, -0.2) is 4.39 Å². The van der Waals surface area contributed by atoms with Crippen molar-refractivity contribution in [3.8, 4) is 0 Å². The molecule has 0 saturated carbocycles. The summed E-state index contributed by atoms with van der Waals surface area (Å²) in [4.78, 5) is 0. The zero-order valence-corrected chi connectivity index (χ0v) is 11.8. The summed E-state index contributed by atoms with van der Waals surface area (Å²) in [5, 5.41) is 0. The smallest absolute Gasteiger partial charge is 0.128 e. The van der Waals surface area contributed by atoms with Crippen LogP contribution in [0, 0.1) is 12.7 Å². The minimum Gasteiger partial charge on any atom is -0.367 e. The Morgan fingerprint density at radius 2 is 1.75 bits per heavy atom. The van der Waals surface area contributed by atoms with Crippen LogP contribution < -0.4 is 5.73 Å². The third-order valence-electron chi connectivity index (χ3n) is 3.26. The van der Waals surface area contributed by atoms with Crippen molar-refractivity contribution in [2.24, 2.45) is 5.73 Å². The monoisotopic (exact) mass is 273 g/mol. The van der Waals surface area contributed by atoms with Gasteiger partial charge < -0.3 is 10.5 Å². The van der Waals surface area contributed by atoms with Crippen molar-refractivity contribution in [2.45, 2.75) is 32.6 Å². The molecule has 0 heterocycles. The number of rotatable bonds is 5. The Bertz CT molecular complexity index is 551. The van der Waals surface area contributed by atoms with Crippen molar-refractivity contribution < 1.29 is 9.13 Å². The standard InChI is InChI=1S/C17H20FNO/c1-12-7-9-14(10-8-12)17(13(2)19)20-11-15-5-3-4-6-16(15)18/h3-10,13,17H,11,19H2,1-2H3. The maximum absolute atomic E-state index is 13.6. The Morgan fingerprint density at radius 3 is 2.35 bits per heavy atom. The number of halogens is 1. The van der Waals surface area contributed by atoms with Gasteiger partial charge in [0.05, 0.1) is 12.7 Å². The van der Waals surface area contributed by atoms with Crippen LogP contribution in [0.3, 0.4) is 0 Å². The van der Waals surface area contributed by atoms with E-state index in [0.717, 1.165) is 5.56 Å². The third kappa shape index (κ3) is 3.65. The first kappa shape index (κ1) is 14.7. The SMILES string of the molecule is Cc1ccc(C(OCc2ccccc2F)C(C)N)cc1. The summed E-state index contributed by atoms with van der Waals surface area (Å²) in [6.07, 6.45) is -0.241. The average Bonchev–Trinajstić information content (AvgIpc) is 2.42. The van der Waals surface area contributed by atoms with Crippen molar-refractivity contribution in [1.29, 1.82) is 0 Å². The maximum atomic E-state index is 13.6. The van der Waals surface area contributed by atoms with E-state index in [1.54, 1.807) is 18.2 Å². The van der Waals surface area contributed by atoms with Gasteiger partial charge in [0.1, 0.15) is 5.82 Å². The van der Waals surface area contributed by atoms with Crippen molar-refractivity contribution in [3.63, 3.8) is 0 Å². The molecule has 2 N–H and O–H groups in total. The van der Waals surface area contributed by atoms with E-state index in [9.17, 15) is 4.39 Å². The highest BCUT2D eigenvalue weighted by atomic mass is 19.1. The molecule has 0 amide bonds. The van der Waals surface area contributed by atoms with E-state index in [2.05, 4.69) is 0 Å². The molecule has 3 heteroatoms. The molecule has 2 aromatic carbocycles. The highest BCUT2D eigenvalue weighted by Crippen LogP contribution is 2.23. The lowest BCUT2D eigenvalue weighted by atomic mass is 10.0. The van der Waals surface area contributed by atoms with Crippen molar-refractivity contribution in [3.05, 3.63) is 71.0 Å². The van der Waals surface area contributed by atoms with E-state index < -0.39 is 0 Å². The van der Waals surface area contributed by atoms with Gasteiger partial charge in [-0.1, -0.05) is 48.0 Å². The molecule has 2 atom stereocenters. The molecular weight excluding hydrogens is 253 g/mol. The topological polar surface area (TPSA) is 35.2 Å². The predicted octanol–water partition coefficient (Wildman–Crippen LogP) is 3.74. The molecule has 106 valence electrons. The molecule has 0 spiro atoms. The summed E-state index contributed by atoms with van der Waals surface area (Å²) in [7, 11) is 0. The zero-order chi connectivity index (χ0) is 14.5. The molecule has 0 bridgehead atoms. The van der Waals surface area contributed by atoms with Crippen LogP contribution in [0.1, 0.15) is 29.7 Å². The molecular formula is C17H20FNO. The number of ether oxygens (including phenoxy) is 1. The second-order valence-electron chi connectivity index (χ2n) is 5.09. The van der Waals surface area contributed by atoms with Gasteiger partial charge in [-0.2, -0.15) is 0 Å². The molecule has 0 aliphatic rings. The first-order valence-electron chi connectivity index (χ1n) is 6.75. The lowest BCUT2D eigenvalue weighted by Gasteiger charge is -2.22. The molecule has 0 fully saturated rings. The predicted molar refractivity (Wildman–Crippen MR) is 78.8 cm³/mol. The Morgan fingerprint density at radius 1 is 1.10 bits per heavy atom. The van der Waals surface area contributed by atoms with Crippen LogP contribution in [0.25, 0.3) is 0 Å². The lowest BCUT2D eigenvalue weighted by molar-refractivity contribution is 0.0245. The summed E-state index contributed by atoms with van der Waals surface area (Å²) in [5.41, 5.74) is 8.74. The van der Waals surface area contributed by atoms with E-state index in [1.165, 1.54) is 11.6 Å². The Kier molecular flexibility index (Phi) is 4.88. The zero-order valence-electron chi connectivity index (χ0n) is 11.8. The summed E-state index contributed by atoms with van der Waals surface area (Å²) in [6, 6.07) is 14.5. The highest BCUT2D eigenvalue weighted by molar-refractivity contribution is 5.24. The van der Waals surface area contributed by atoms with Gasteiger partial charge in [0.2, 0.25) is 0 Å². The number of hydrogen-bond donors (Lipinski definition) is 1. The van der Waals surface area contributed by atoms with E-state index in [4.69, 9.17) is 10.5 Å². The van der Waals surface area contributed by atoms with Gasteiger partial charge in [0, 0.05) is 11.6 Å². The van der Waals surface area contributed by atoms with Gasteiger partial charge in [-0.05, 0) is 25.5 Å². The molecule has 2 aromatic rings. The van der Waals surface area contributed by atoms with Crippen LogP contribution in [0.15, 0.2) is 48.5 Å². The summed E-state index contributed by atoms with van der Waals surface area (Å²) < 4.78 is 19.4. The van der Waals surface area contributed by atoms with Gasteiger partial charge >= 0.3 is 0 Å². The van der Waals surface area contributed by atoms with Crippen LogP contribution in [-0.4, -0.2) is 6.04 Å². The van der Waals surface area contributed by atoms with E-state index in [-0.39, 0.29) is 24.6 Å². The first-order valence-corrected chi connectivity index (χ1v) is 6.75. The molecule has 0 aliphatic carbocycles. The molecule has 0 radical (unpaired) electrons. The summed E-state index contributed by atoms with van der Waals surface area (Å²) in [5.74, 6) is -0.250. The summed E-state index contributed by atoms with van der Waals surface area (Å²) >= 11 is 0. The van der Waals surface area contributed by atoms with E-state index in [1.807, 2.05) is 38.1 Å². The van der Waals surface area contributed by atoms with Crippen LogP contribution in [0.4, 0.5) is 4.39 Å². The molecule has 2 unspecified atom stereocenters.